The fraction of sp³-hybridized carbons (Fsp3) is 0.122. The SMILES string of the molecule is COCCOCCOc1ccccc1[I+]c1ccccc1.Fc1c(F)c(Cl)c(Cl)c([B-](c2c(F)c(F)c(F)c(Cl)c2Cl)(c2c(F)c(F)c(F)c(Cl)c2Cl)c2c(F)c(F)c(F)c(Cl)c2Cl)c1F. The molecule has 0 saturated carbocycles. The Labute approximate surface area is 416 Å². The molecule has 0 bridgehead atoms. The summed E-state index contributed by atoms with van der Waals surface area (Å²) in [4.78, 5) is 0. The Morgan fingerprint density at radius 2 is 0.727 bits per heavy atom. The molecule has 0 amide bonds. The summed E-state index contributed by atoms with van der Waals surface area (Å²) in [6, 6.07) is 18.8. The predicted octanol–water partition coefficient (Wildman–Crippen LogP) is 9.82. The molecule has 25 heteroatoms. The van der Waals surface area contributed by atoms with Gasteiger partial charge in [-0.15, -0.1) is 21.9 Å². The normalized spacial score (nSPS) is 11.5. The van der Waals surface area contributed by atoms with Gasteiger partial charge in [0.25, 0.3) is 0 Å². The molecular weight excluding hydrogens is 1190 g/mol. The van der Waals surface area contributed by atoms with E-state index in [1.165, 1.54) is 7.14 Å². The summed E-state index contributed by atoms with van der Waals surface area (Å²) in [7, 11) is 1.67. The molecule has 0 aliphatic heterocycles. The van der Waals surface area contributed by atoms with Crippen molar-refractivity contribution in [2.45, 2.75) is 0 Å². The van der Waals surface area contributed by atoms with Gasteiger partial charge in [-0.2, -0.15) is 0 Å². The van der Waals surface area contributed by atoms with E-state index in [2.05, 4.69) is 36.4 Å². The summed E-state index contributed by atoms with van der Waals surface area (Å²) in [6.45, 7) is 2.38. The zero-order valence-corrected chi connectivity index (χ0v) is 40.5. The largest absolute Gasteiger partial charge is 0.486 e. The summed E-state index contributed by atoms with van der Waals surface area (Å²) in [5.74, 6) is -30.3. The number of rotatable bonds is 13. The van der Waals surface area contributed by atoms with Gasteiger partial charge in [0.2, 0.25) is 3.57 Å². The predicted molar refractivity (Wildman–Crippen MR) is 228 cm³/mol. The maximum Gasteiger partial charge on any atom is 0.362 e. The molecule has 0 heterocycles. The number of halogens is 21. The molecule has 352 valence electrons. The fourth-order valence-corrected chi connectivity index (χ4v) is 11.1. The Bertz CT molecular complexity index is 2440. The highest BCUT2D eigenvalue weighted by Gasteiger charge is 2.50. The molecule has 0 aromatic heterocycles. The van der Waals surface area contributed by atoms with E-state index in [1.54, 1.807) is 7.11 Å². The van der Waals surface area contributed by atoms with Crippen LogP contribution < -0.4 is 47.8 Å². The lowest BCUT2D eigenvalue weighted by Gasteiger charge is -2.46. The van der Waals surface area contributed by atoms with E-state index in [4.69, 9.17) is 107 Å². The standard InChI is InChI=1S/C24BCl8F12.C17H20IO3/c26-5-1(13(34)21(42)17(38)9(5)30)25(2-6(27)10(31)18(39)22(43)14(2)35,3-7(28)11(32)19(40)23(44)15(3)36)4-8(29)12(33)20(41)24(45)16(4)37;1-19-11-12-20-13-14-21-17-10-6-5-9-16(17)18-15-7-3-2-4-8-15/h;2-10H,11-14H2,1H3/q-1;+1. The van der Waals surface area contributed by atoms with Crippen LogP contribution >= 0.6 is 92.8 Å². The van der Waals surface area contributed by atoms with E-state index in [-0.39, 0.29) is 21.2 Å². The van der Waals surface area contributed by atoms with E-state index in [0.717, 1.165) is 5.75 Å². The average Bonchev–Trinajstić information content (AvgIpc) is 3.31. The molecule has 3 nitrogen and oxygen atoms in total. The van der Waals surface area contributed by atoms with Gasteiger partial charge in [-0.05, 0) is 24.3 Å². The minimum atomic E-state index is -5.62. The van der Waals surface area contributed by atoms with Gasteiger partial charge in [0.05, 0.1) is 39.9 Å². The molecule has 0 radical (unpaired) electrons. The summed E-state index contributed by atoms with van der Waals surface area (Å²) in [5.41, 5.74) is -8.47. The second kappa shape index (κ2) is 22.8. The van der Waals surface area contributed by atoms with Gasteiger partial charge in [0, 0.05) is 27.2 Å². The fourth-order valence-electron chi connectivity index (χ4n) is 6.56. The van der Waals surface area contributed by atoms with Gasteiger partial charge < -0.3 is 14.2 Å². The quantitative estimate of drug-likeness (QED) is 0.0288. The third-order valence-electron chi connectivity index (χ3n) is 9.40. The van der Waals surface area contributed by atoms with Crippen LogP contribution in [0.15, 0.2) is 54.6 Å². The highest BCUT2D eigenvalue weighted by atomic mass is 127. The van der Waals surface area contributed by atoms with E-state index in [0.29, 0.717) is 26.4 Å². The highest BCUT2D eigenvalue weighted by Crippen LogP contribution is 2.40. The summed E-state index contributed by atoms with van der Waals surface area (Å²) in [5, 5.41) is -13.9. The van der Waals surface area contributed by atoms with E-state index < -0.39 is 138 Å². The Morgan fingerprint density at radius 3 is 1.09 bits per heavy atom. The van der Waals surface area contributed by atoms with Gasteiger partial charge in [0.1, 0.15) is 36.0 Å². The van der Waals surface area contributed by atoms with Crippen LogP contribution in [0, 0.1) is 76.9 Å². The van der Waals surface area contributed by atoms with Gasteiger partial charge in [-0.25, -0.2) is 52.7 Å². The number of hydrogen-bond acceptors (Lipinski definition) is 3. The molecular formula is C41H20BCl8F12IO3. The first-order chi connectivity index (χ1) is 31.1. The van der Waals surface area contributed by atoms with E-state index in [1.807, 2.05) is 18.2 Å². The van der Waals surface area contributed by atoms with Crippen LogP contribution in [-0.2, 0) is 9.47 Å². The molecule has 0 atom stereocenters. The maximum absolute atomic E-state index is 16.0. The molecule has 6 rings (SSSR count). The van der Waals surface area contributed by atoms with Crippen LogP contribution in [0.5, 0.6) is 5.75 Å². The molecule has 0 fully saturated rings. The summed E-state index contributed by atoms with van der Waals surface area (Å²) < 4.78 is 201. The smallest absolute Gasteiger partial charge is 0.362 e. The molecule has 66 heavy (non-hydrogen) atoms. The van der Waals surface area contributed by atoms with Crippen molar-refractivity contribution < 1.29 is 88.1 Å². The second-order valence-corrected chi connectivity index (χ2v) is 19.0. The van der Waals surface area contributed by atoms with Crippen molar-refractivity contribution in [1.82, 2.24) is 0 Å². The van der Waals surface area contributed by atoms with Gasteiger partial charge >= 0.3 is 21.2 Å². The molecule has 0 aliphatic carbocycles. The molecule has 6 aromatic rings. The van der Waals surface area contributed by atoms with Crippen LogP contribution in [0.1, 0.15) is 0 Å². The molecule has 0 unspecified atom stereocenters. The molecule has 0 saturated heterocycles. The van der Waals surface area contributed by atoms with Crippen molar-refractivity contribution in [1.29, 1.82) is 0 Å². The van der Waals surface area contributed by atoms with Crippen molar-refractivity contribution in [3.63, 3.8) is 0 Å². The number of methoxy groups -OCH3 is 1. The molecule has 0 spiro atoms. The first-order valence-corrected chi connectivity index (χ1v) is 23.0. The monoisotopic (exact) mass is 1210 g/mol. The summed E-state index contributed by atoms with van der Waals surface area (Å²) >= 11 is 46.4. The summed E-state index contributed by atoms with van der Waals surface area (Å²) in [6.07, 6.45) is -5.62. The number of hydrogen-bond donors (Lipinski definition) is 0. The lowest BCUT2D eigenvalue weighted by molar-refractivity contribution is -0.598. The number of benzene rings is 6. The Hall–Kier alpha value is -2.69. The van der Waals surface area contributed by atoms with Crippen LogP contribution in [-0.4, -0.2) is 39.7 Å². The number of ether oxygens (including phenoxy) is 3. The van der Waals surface area contributed by atoms with Gasteiger partial charge in [-0.3, -0.25) is 0 Å². The van der Waals surface area contributed by atoms with Gasteiger partial charge in [0.15, 0.2) is 55.9 Å². The van der Waals surface area contributed by atoms with Crippen LogP contribution in [0.3, 0.4) is 0 Å². The first kappa shape index (κ1) is 54.3. The highest BCUT2D eigenvalue weighted by molar-refractivity contribution is 7.22. The topological polar surface area (TPSA) is 27.7 Å². The number of para-hydroxylation sites is 1. The minimum absolute atomic E-state index is 0.211. The maximum atomic E-state index is 16.0. The van der Waals surface area contributed by atoms with Crippen molar-refractivity contribution in [2.75, 3.05) is 33.5 Å². The van der Waals surface area contributed by atoms with Crippen molar-refractivity contribution in [3.05, 3.63) is 172 Å². The first-order valence-electron chi connectivity index (χ1n) is 17.8. The van der Waals surface area contributed by atoms with Crippen molar-refractivity contribution >= 4 is 121 Å². The average molecular weight is 1210 g/mol. The van der Waals surface area contributed by atoms with Crippen LogP contribution in [0.2, 0.25) is 40.2 Å². The molecule has 0 aliphatic rings. The van der Waals surface area contributed by atoms with E-state index in [9.17, 15) is 17.6 Å². The lowest BCUT2D eigenvalue weighted by Crippen LogP contribution is -3.61. The van der Waals surface area contributed by atoms with Gasteiger partial charge in [-0.1, -0.05) is 123 Å². The van der Waals surface area contributed by atoms with Crippen molar-refractivity contribution in [2.24, 2.45) is 0 Å². The molecule has 0 N–H and O–H groups in total. The Morgan fingerprint density at radius 1 is 0.394 bits per heavy atom. The van der Waals surface area contributed by atoms with E-state index >= 15 is 35.1 Å². The van der Waals surface area contributed by atoms with Crippen LogP contribution in [0.4, 0.5) is 52.7 Å². The molecule has 6 aromatic carbocycles. The third-order valence-corrected chi connectivity index (χ3v) is 15.6. The van der Waals surface area contributed by atoms with Crippen molar-refractivity contribution in [3.8, 4) is 5.75 Å². The van der Waals surface area contributed by atoms with Crippen LogP contribution in [0.25, 0.3) is 0 Å². The lowest BCUT2D eigenvalue weighted by atomic mass is 9.12. The zero-order chi connectivity index (χ0) is 49.1. The second-order valence-electron chi connectivity index (χ2n) is 13.1. The Balaban J connectivity index is 0.000000324. The zero-order valence-electron chi connectivity index (χ0n) is 32.3. The Kier molecular flexibility index (Phi) is 18.8. The third kappa shape index (κ3) is 10.1. The minimum Gasteiger partial charge on any atom is -0.486 e.